The molecule has 0 atom stereocenters. The Balaban J connectivity index is 2.05. The normalized spacial score (nSPS) is 10.2. The van der Waals surface area contributed by atoms with Crippen LogP contribution in [0.5, 0.6) is 5.75 Å². The van der Waals surface area contributed by atoms with E-state index in [2.05, 4.69) is 10.6 Å². The summed E-state index contributed by atoms with van der Waals surface area (Å²) in [7, 11) is 0. The number of hydrogen-bond acceptors (Lipinski definition) is 6. The number of para-hydroxylation sites is 2. The van der Waals surface area contributed by atoms with E-state index in [9.17, 15) is 14.4 Å². The zero-order valence-corrected chi connectivity index (χ0v) is 16.3. The van der Waals surface area contributed by atoms with Crippen molar-refractivity contribution in [1.29, 1.82) is 0 Å². The molecule has 0 radical (unpaired) electrons. The van der Waals surface area contributed by atoms with E-state index in [1.54, 1.807) is 37.3 Å². The number of carbonyl (C=O) groups is 3. The van der Waals surface area contributed by atoms with Crippen LogP contribution in [0, 0.1) is 0 Å². The first-order chi connectivity index (χ1) is 12.9. The van der Waals surface area contributed by atoms with Crippen molar-refractivity contribution in [3.8, 4) is 5.75 Å². The maximum Gasteiger partial charge on any atom is 0.341 e. The smallest absolute Gasteiger partial charge is 0.341 e. The number of amides is 2. The van der Waals surface area contributed by atoms with E-state index >= 15 is 0 Å². The molecule has 1 aromatic carbocycles. The molecule has 0 saturated heterocycles. The Kier molecular flexibility index (Phi) is 7.36. The first kappa shape index (κ1) is 20.4. The van der Waals surface area contributed by atoms with Gasteiger partial charge in [0.05, 0.1) is 17.9 Å². The SMILES string of the molecule is CCOC(=O)c1cc(CC)sc1NC(=O)COc1ccccc1NC(C)=O. The maximum absolute atomic E-state index is 12.3. The summed E-state index contributed by atoms with van der Waals surface area (Å²) in [6.45, 7) is 5.07. The Morgan fingerprint density at radius 3 is 2.52 bits per heavy atom. The highest BCUT2D eigenvalue weighted by Crippen LogP contribution is 2.29. The summed E-state index contributed by atoms with van der Waals surface area (Å²) in [5, 5.41) is 5.78. The van der Waals surface area contributed by atoms with Crippen molar-refractivity contribution in [3.05, 3.63) is 40.8 Å². The zero-order chi connectivity index (χ0) is 19.8. The minimum atomic E-state index is -0.472. The first-order valence-electron chi connectivity index (χ1n) is 8.53. The third-order valence-electron chi connectivity index (χ3n) is 3.44. The summed E-state index contributed by atoms with van der Waals surface area (Å²) < 4.78 is 10.5. The fourth-order valence-corrected chi connectivity index (χ4v) is 3.26. The van der Waals surface area contributed by atoms with E-state index < -0.39 is 11.9 Å². The Morgan fingerprint density at radius 2 is 1.85 bits per heavy atom. The second-order valence-electron chi connectivity index (χ2n) is 5.54. The number of anilines is 2. The van der Waals surface area contributed by atoms with Gasteiger partial charge in [-0.05, 0) is 31.5 Å². The molecule has 2 amide bonds. The van der Waals surface area contributed by atoms with Crippen molar-refractivity contribution in [2.45, 2.75) is 27.2 Å². The molecule has 7 nitrogen and oxygen atoms in total. The van der Waals surface area contributed by atoms with Crippen LogP contribution in [0.25, 0.3) is 0 Å². The summed E-state index contributed by atoms with van der Waals surface area (Å²) in [5.41, 5.74) is 0.820. The molecule has 0 saturated carbocycles. The number of hydrogen-bond donors (Lipinski definition) is 2. The lowest BCUT2D eigenvalue weighted by Crippen LogP contribution is -2.21. The number of thiophene rings is 1. The molecule has 1 aromatic heterocycles. The summed E-state index contributed by atoms with van der Waals surface area (Å²) in [5.74, 6) is -0.738. The average Bonchev–Trinajstić information content (AvgIpc) is 3.03. The van der Waals surface area contributed by atoms with Gasteiger partial charge in [0.25, 0.3) is 5.91 Å². The van der Waals surface area contributed by atoms with E-state index in [0.29, 0.717) is 22.0 Å². The van der Waals surface area contributed by atoms with Crippen LogP contribution in [0.3, 0.4) is 0 Å². The van der Waals surface area contributed by atoms with Crippen molar-refractivity contribution in [2.75, 3.05) is 23.8 Å². The minimum absolute atomic E-state index is 0.236. The van der Waals surface area contributed by atoms with Crippen LogP contribution in [-0.2, 0) is 20.7 Å². The highest BCUT2D eigenvalue weighted by Gasteiger charge is 2.19. The molecule has 1 heterocycles. The third-order valence-corrected chi connectivity index (χ3v) is 4.63. The number of rotatable bonds is 8. The van der Waals surface area contributed by atoms with E-state index in [0.717, 1.165) is 11.3 Å². The second-order valence-corrected chi connectivity index (χ2v) is 6.68. The largest absolute Gasteiger partial charge is 0.482 e. The standard InChI is InChI=1S/C19H22N2O5S/c1-4-13-10-14(19(24)25-5-2)18(27-13)21-17(23)11-26-16-9-7-6-8-15(16)20-12(3)22/h6-10H,4-5,11H2,1-3H3,(H,20,22)(H,21,23). The molecular formula is C19H22N2O5S. The molecule has 0 aliphatic heterocycles. The summed E-state index contributed by atoms with van der Waals surface area (Å²) in [6.07, 6.45) is 0.744. The van der Waals surface area contributed by atoms with Crippen molar-refractivity contribution in [3.63, 3.8) is 0 Å². The zero-order valence-electron chi connectivity index (χ0n) is 15.5. The van der Waals surface area contributed by atoms with Crippen LogP contribution < -0.4 is 15.4 Å². The van der Waals surface area contributed by atoms with Crippen LogP contribution in [0.1, 0.15) is 36.0 Å². The molecule has 0 fully saturated rings. The topological polar surface area (TPSA) is 93.7 Å². The Bertz CT molecular complexity index is 831. The van der Waals surface area contributed by atoms with Gasteiger partial charge in [-0.2, -0.15) is 0 Å². The van der Waals surface area contributed by atoms with Gasteiger partial charge in [-0.25, -0.2) is 4.79 Å². The number of aryl methyl sites for hydroxylation is 1. The third kappa shape index (κ3) is 5.82. The van der Waals surface area contributed by atoms with Crippen LogP contribution >= 0.6 is 11.3 Å². The molecule has 2 rings (SSSR count). The second kappa shape index (κ2) is 9.72. The summed E-state index contributed by atoms with van der Waals surface area (Å²) >= 11 is 1.33. The number of esters is 1. The monoisotopic (exact) mass is 390 g/mol. The van der Waals surface area contributed by atoms with Gasteiger partial charge in [-0.1, -0.05) is 19.1 Å². The van der Waals surface area contributed by atoms with Crippen molar-refractivity contribution in [1.82, 2.24) is 0 Å². The van der Waals surface area contributed by atoms with Gasteiger partial charge in [-0.3, -0.25) is 9.59 Å². The van der Waals surface area contributed by atoms with Gasteiger partial charge in [0, 0.05) is 11.8 Å². The maximum atomic E-state index is 12.3. The number of ether oxygens (including phenoxy) is 2. The Morgan fingerprint density at radius 1 is 1.11 bits per heavy atom. The number of nitrogens with one attached hydrogen (secondary N) is 2. The number of benzene rings is 1. The van der Waals surface area contributed by atoms with Crippen molar-refractivity contribution < 1.29 is 23.9 Å². The highest BCUT2D eigenvalue weighted by atomic mass is 32.1. The molecule has 2 aromatic rings. The molecule has 8 heteroatoms. The highest BCUT2D eigenvalue weighted by molar-refractivity contribution is 7.16. The van der Waals surface area contributed by atoms with E-state index in [-0.39, 0.29) is 19.1 Å². The van der Waals surface area contributed by atoms with Gasteiger partial charge in [0.15, 0.2) is 6.61 Å². The molecule has 0 unspecified atom stereocenters. The molecule has 0 spiro atoms. The quantitative estimate of drug-likeness (QED) is 0.673. The molecular weight excluding hydrogens is 368 g/mol. The summed E-state index contributed by atoms with van der Waals surface area (Å²) in [6, 6.07) is 8.56. The van der Waals surface area contributed by atoms with Gasteiger partial charge in [0.1, 0.15) is 10.8 Å². The number of carbonyl (C=O) groups excluding carboxylic acids is 3. The van der Waals surface area contributed by atoms with Crippen LogP contribution in [0.4, 0.5) is 10.7 Å². The molecule has 27 heavy (non-hydrogen) atoms. The fraction of sp³-hybridized carbons (Fsp3) is 0.316. The molecule has 0 bridgehead atoms. The molecule has 0 aliphatic carbocycles. The first-order valence-corrected chi connectivity index (χ1v) is 9.35. The average molecular weight is 390 g/mol. The molecule has 0 aliphatic rings. The fourth-order valence-electron chi connectivity index (χ4n) is 2.26. The van der Waals surface area contributed by atoms with E-state index in [1.807, 2.05) is 6.92 Å². The van der Waals surface area contributed by atoms with E-state index in [1.165, 1.54) is 18.3 Å². The van der Waals surface area contributed by atoms with Gasteiger partial charge in [0.2, 0.25) is 5.91 Å². The van der Waals surface area contributed by atoms with Crippen LogP contribution in [-0.4, -0.2) is 31.0 Å². The van der Waals surface area contributed by atoms with Crippen LogP contribution in [0.15, 0.2) is 30.3 Å². The van der Waals surface area contributed by atoms with Gasteiger partial charge in [-0.15, -0.1) is 11.3 Å². The summed E-state index contributed by atoms with van der Waals surface area (Å²) in [4.78, 5) is 36.6. The van der Waals surface area contributed by atoms with Crippen LogP contribution in [0.2, 0.25) is 0 Å². The van der Waals surface area contributed by atoms with Gasteiger partial charge < -0.3 is 20.1 Å². The lowest BCUT2D eigenvalue weighted by Gasteiger charge is -2.11. The predicted molar refractivity (Wildman–Crippen MR) is 105 cm³/mol. The lowest BCUT2D eigenvalue weighted by atomic mass is 10.2. The molecule has 144 valence electrons. The van der Waals surface area contributed by atoms with Crippen molar-refractivity contribution >= 4 is 39.8 Å². The molecule has 2 N–H and O–H groups in total. The Labute approximate surface area is 161 Å². The van der Waals surface area contributed by atoms with Gasteiger partial charge >= 0.3 is 5.97 Å². The van der Waals surface area contributed by atoms with Crippen molar-refractivity contribution in [2.24, 2.45) is 0 Å². The lowest BCUT2D eigenvalue weighted by molar-refractivity contribution is -0.118. The Hall–Kier alpha value is -2.87. The minimum Gasteiger partial charge on any atom is -0.482 e. The predicted octanol–water partition coefficient (Wildman–Crippen LogP) is 3.46. The van der Waals surface area contributed by atoms with E-state index in [4.69, 9.17) is 9.47 Å².